The SMILES string of the molecule is CCCCCCCCCC(=N)N.O=S(=O)(O)CCO. The molecule has 0 spiro atoms. The molecule has 0 amide bonds. The minimum absolute atomic E-state index is 0.337. The lowest BCUT2D eigenvalue weighted by Crippen LogP contribution is -2.08. The van der Waals surface area contributed by atoms with Gasteiger partial charge in [-0.3, -0.25) is 9.96 Å². The number of amidine groups is 1. The van der Waals surface area contributed by atoms with E-state index >= 15 is 0 Å². The number of hydrogen-bond donors (Lipinski definition) is 4. The van der Waals surface area contributed by atoms with Crippen LogP contribution in [-0.2, 0) is 10.1 Å². The first-order valence-electron chi connectivity index (χ1n) is 6.72. The summed E-state index contributed by atoms with van der Waals surface area (Å²) in [6.07, 6.45) is 9.84. The molecule has 6 nitrogen and oxygen atoms in total. The summed E-state index contributed by atoms with van der Waals surface area (Å²) in [6, 6.07) is 0. The topological polar surface area (TPSA) is 124 Å². The van der Waals surface area contributed by atoms with E-state index in [0.29, 0.717) is 5.84 Å². The number of nitrogens with two attached hydrogens (primary N) is 1. The monoisotopic (exact) mass is 296 g/mol. The van der Waals surface area contributed by atoms with E-state index in [-0.39, 0.29) is 0 Å². The molecule has 19 heavy (non-hydrogen) atoms. The van der Waals surface area contributed by atoms with Crippen LogP contribution in [0.2, 0.25) is 0 Å². The highest BCUT2D eigenvalue weighted by atomic mass is 32.2. The lowest BCUT2D eigenvalue weighted by Gasteiger charge is -1.99. The van der Waals surface area contributed by atoms with E-state index in [1.165, 1.54) is 38.5 Å². The second kappa shape index (κ2) is 13.8. The molecule has 116 valence electrons. The zero-order chi connectivity index (χ0) is 15.1. The Balaban J connectivity index is 0. The highest BCUT2D eigenvalue weighted by Crippen LogP contribution is 2.07. The fourth-order valence-corrected chi connectivity index (χ4v) is 1.62. The van der Waals surface area contributed by atoms with E-state index in [9.17, 15) is 8.42 Å². The summed E-state index contributed by atoms with van der Waals surface area (Å²) in [5.41, 5.74) is 5.24. The zero-order valence-electron chi connectivity index (χ0n) is 11.8. The Hall–Kier alpha value is -0.660. The fourth-order valence-electron chi connectivity index (χ4n) is 1.39. The second-order valence-corrected chi connectivity index (χ2v) is 5.98. The van der Waals surface area contributed by atoms with Gasteiger partial charge in [-0.25, -0.2) is 0 Å². The van der Waals surface area contributed by atoms with Crippen LogP contribution in [0.1, 0.15) is 58.3 Å². The number of hydrogen-bond acceptors (Lipinski definition) is 4. The molecule has 7 heteroatoms. The molecule has 0 saturated carbocycles. The number of rotatable bonds is 10. The predicted octanol–water partition coefficient (Wildman–Crippen LogP) is 1.93. The van der Waals surface area contributed by atoms with Crippen LogP contribution < -0.4 is 5.73 Å². The van der Waals surface area contributed by atoms with Crippen LogP contribution in [-0.4, -0.2) is 36.3 Å². The first-order valence-corrected chi connectivity index (χ1v) is 8.33. The number of nitrogens with one attached hydrogen (secondary N) is 1. The van der Waals surface area contributed by atoms with Gasteiger partial charge in [0.25, 0.3) is 10.1 Å². The van der Waals surface area contributed by atoms with Crippen molar-refractivity contribution in [3.63, 3.8) is 0 Å². The summed E-state index contributed by atoms with van der Waals surface area (Å²) >= 11 is 0. The van der Waals surface area contributed by atoms with E-state index in [0.717, 1.165) is 12.8 Å². The van der Waals surface area contributed by atoms with Gasteiger partial charge in [0.05, 0.1) is 18.2 Å². The number of unbranched alkanes of at least 4 members (excludes halogenated alkanes) is 6. The minimum Gasteiger partial charge on any atom is -0.395 e. The van der Waals surface area contributed by atoms with Crippen molar-refractivity contribution in [2.24, 2.45) is 5.73 Å². The second-order valence-electron chi connectivity index (χ2n) is 4.41. The van der Waals surface area contributed by atoms with Gasteiger partial charge in [-0.05, 0) is 6.42 Å². The smallest absolute Gasteiger partial charge is 0.267 e. The molecule has 0 aliphatic carbocycles. The van der Waals surface area contributed by atoms with Crippen molar-refractivity contribution < 1.29 is 18.1 Å². The van der Waals surface area contributed by atoms with Crippen LogP contribution in [0.15, 0.2) is 0 Å². The summed E-state index contributed by atoms with van der Waals surface area (Å²) in [5.74, 6) is -0.240. The lowest BCUT2D eigenvalue weighted by molar-refractivity contribution is 0.315. The van der Waals surface area contributed by atoms with Crippen LogP contribution >= 0.6 is 0 Å². The van der Waals surface area contributed by atoms with Gasteiger partial charge in [-0.15, -0.1) is 0 Å². The predicted molar refractivity (Wildman–Crippen MR) is 78.0 cm³/mol. The zero-order valence-corrected chi connectivity index (χ0v) is 12.6. The van der Waals surface area contributed by atoms with E-state index in [1.54, 1.807) is 0 Å². The Kier molecular flexibility index (Phi) is 15.0. The van der Waals surface area contributed by atoms with Crippen molar-refractivity contribution in [2.75, 3.05) is 12.4 Å². The molecular formula is C12H28N2O4S. The molecule has 0 radical (unpaired) electrons. The third-order valence-corrected chi connectivity index (χ3v) is 3.10. The third kappa shape index (κ3) is 26.8. The highest BCUT2D eigenvalue weighted by Gasteiger charge is 1.99. The Morgan fingerprint density at radius 3 is 1.89 bits per heavy atom. The third-order valence-electron chi connectivity index (χ3n) is 2.40. The van der Waals surface area contributed by atoms with Crippen molar-refractivity contribution in [1.29, 1.82) is 5.41 Å². The Bertz CT molecular complexity index is 305. The number of aliphatic hydroxyl groups excluding tert-OH is 1. The Morgan fingerprint density at radius 1 is 1.11 bits per heavy atom. The normalized spacial score (nSPS) is 10.7. The molecule has 5 N–H and O–H groups in total. The summed E-state index contributed by atoms with van der Waals surface area (Å²) in [4.78, 5) is 0. The maximum atomic E-state index is 9.63. The van der Waals surface area contributed by atoms with Gasteiger partial charge < -0.3 is 10.8 Å². The van der Waals surface area contributed by atoms with Crippen molar-refractivity contribution in [3.05, 3.63) is 0 Å². The maximum Gasteiger partial charge on any atom is 0.267 e. The van der Waals surface area contributed by atoms with Gasteiger partial charge >= 0.3 is 0 Å². The van der Waals surface area contributed by atoms with E-state index in [2.05, 4.69) is 6.92 Å². The van der Waals surface area contributed by atoms with Crippen LogP contribution in [0.4, 0.5) is 0 Å². The lowest BCUT2D eigenvalue weighted by atomic mass is 10.1. The van der Waals surface area contributed by atoms with Gasteiger partial charge in [-0.2, -0.15) is 8.42 Å². The molecule has 0 fully saturated rings. The van der Waals surface area contributed by atoms with Gasteiger partial charge in [0.2, 0.25) is 0 Å². The molecule has 0 saturated heterocycles. The van der Waals surface area contributed by atoms with Crippen molar-refractivity contribution in [2.45, 2.75) is 58.3 Å². The molecule has 0 aliphatic rings. The summed E-state index contributed by atoms with van der Waals surface area (Å²) in [7, 11) is -3.92. The van der Waals surface area contributed by atoms with Crippen LogP contribution in [0.5, 0.6) is 0 Å². The first kappa shape index (κ1) is 20.7. The van der Waals surface area contributed by atoms with E-state index in [4.69, 9.17) is 20.8 Å². The van der Waals surface area contributed by atoms with Gasteiger partial charge in [0.15, 0.2) is 0 Å². The summed E-state index contributed by atoms with van der Waals surface area (Å²) in [5, 5.41) is 14.9. The van der Waals surface area contributed by atoms with Crippen molar-refractivity contribution >= 4 is 16.0 Å². The quantitative estimate of drug-likeness (QED) is 0.212. The summed E-state index contributed by atoms with van der Waals surface area (Å²) in [6.45, 7) is 1.70. The summed E-state index contributed by atoms with van der Waals surface area (Å²) < 4.78 is 27.1. The molecule has 0 aromatic heterocycles. The average molecular weight is 296 g/mol. The highest BCUT2D eigenvalue weighted by molar-refractivity contribution is 7.85. The molecule has 0 aromatic rings. The van der Waals surface area contributed by atoms with Crippen molar-refractivity contribution in [3.8, 4) is 0 Å². The molecule has 0 aromatic carbocycles. The van der Waals surface area contributed by atoms with Gasteiger partial charge in [0.1, 0.15) is 0 Å². The van der Waals surface area contributed by atoms with Gasteiger partial charge in [-0.1, -0.05) is 45.4 Å². The van der Waals surface area contributed by atoms with Crippen LogP contribution in [0.3, 0.4) is 0 Å². The van der Waals surface area contributed by atoms with E-state index < -0.39 is 22.5 Å². The largest absolute Gasteiger partial charge is 0.395 e. The molecule has 0 atom stereocenters. The van der Waals surface area contributed by atoms with E-state index in [1.807, 2.05) is 0 Å². The van der Waals surface area contributed by atoms with Crippen molar-refractivity contribution in [1.82, 2.24) is 0 Å². The first-order chi connectivity index (χ1) is 8.83. The minimum atomic E-state index is -3.92. The Morgan fingerprint density at radius 2 is 1.58 bits per heavy atom. The molecule has 0 aliphatic heterocycles. The number of aliphatic hydroxyl groups is 1. The molecule has 0 heterocycles. The standard InChI is InChI=1S/C10H22N2.C2H6O4S/c1-2-3-4-5-6-7-8-9-10(11)12;3-1-2-7(4,5)6/h2-9H2,1H3,(H3,11,12);3H,1-2H2,(H,4,5,6). The molecule has 0 bridgehead atoms. The molecule has 0 rings (SSSR count). The molecular weight excluding hydrogens is 268 g/mol. The van der Waals surface area contributed by atoms with Crippen LogP contribution in [0, 0.1) is 5.41 Å². The average Bonchev–Trinajstić information content (AvgIpc) is 2.27. The van der Waals surface area contributed by atoms with Gasteiger partial charge in [0, 0.05) is 6.42 Å². The molecule has 0 unspecified atom stereocenters. The van der Waals surface area contributed by atoms with Crippen LogP contribution in [0.25, 0.3) is 0 Å². The Labute approximate surface area is 116 Å². The maximum absolute atomic E-state index is 9.63. The fraction of sp³-hybridized carbons (Fsp3) is 0.917.